The fourth-order valence-electron chi connectivity index (χ4n) is 1.37. The third kappa shape index (κ3) is 2.02. The Morgan fingerprint density at radius 3 is 2.62 bits per heavy atom. The van der Waals surface area contributed by atoms with Crippen molar-refractivity contribution in [2.45, 2.75) is 15.6 Å². The van der Waals surface area contributed by atoms with E-state index >= 15 is 0 Å². The van der Waals surface area contributed by atoms with Crippen molar-refractivity contribution in [1.82, 2.24) is 0 Å². The smallest absolute Gasteiger partial charge is 0.215 e. The highest BCUT2D eigenvalue weighted by atomic mass is 32.2. The number of hydrogen-bond acceptors (Lipinski definition) is 4. The molecule has 0 amide bonds. The van der Waals surface area contributed by atoms with Crippen molar-refractivity contribution in [3.63, 3.8) is 0 Å². The summed E-state index contributed by atoms with van der Waals surface area (Å²) in [6.45, 7) is 0.341. The first-order valence-electron chi connectivity index (χ1n) is 4.72. The third-order valence-electron chi connectivity index (χ3n) is 2.20. The Morgan fingerprint density at radius 1 is 1.19 bits per heavy atom. The number of nitrogens with two attached hydrogens (primary N) is 1. The van der Waals surface area contributed by atoms with E-state index in [1.54, 1.807) is 35.7 Å². The molecule has 0 radical (unpaired) electrons. The van der Waals surface area contributed by atoms with Gasteiger partial charge >= 0.3 is 0 Å². The van der Waals surface area contributed by atoms with Crippen LogP contribution in [0.4, 0.5) is 0 Å². The summed E-state index contributed by atoms with van der Waals surface area (Å²) in [5.41, 5.74) is 6.31. The van der Waals surface area contributed by atoms with E-state index in [4.69, 9.17) is 5.73 Å². The molecule has 0 saturated carbocycles. The fourth-order valence-corrected chi connectivity index (χ4v) is 3.84. The molecular weight excluding hydrogens is 242 g/mol. The van der Waals surface area contributed by atoms with Gasteiger partial charge in [-0.15, -0.1) is 11.3 Å². The topological polar surface area (TPSA) is 60.2 Å². The summed E-state index contributed by atoms with van der Waals surface area (Å²) in [7, 11) is -3.37. The maximum Gasteiger partial charge on any atom is 0.215 e. The third-order valence-corrected chi connectivity index (χ3v) is 5.35. The van der Waals surface area contributed by atoms with Gasteiger partial charge in [-0.05, 0) is 29.1 Å². The van der Waals surface area contributed by atoms with Gasteiger partial charge in [-0.1, -0.05) is 18.2 Å². The van der Waals surface area contributed by atoms with Crippen LogP contribution in [-0.4, -0.2) is 8.42 Å². The maximum absolute atomic E-state index is 12.1. The zero-order valence-electron chi connectivity index (χ0n) is 8.46. The summed E-state index contributed by atoms with van der Waals surface area (Å²) in [4.78, 5) is 0.304. The average Bonchev–Trinajstić information content (AvgIpc) is 2.83. The second-order valence-electron chi connectivity index (χ2n) is 3.29. The molecule has 2 aromatic rings. The quantitative estimate of drug-likeness (QED) is 0.910. The van der Waals surface area contributed by atoms with Crippen molar-refractivity contribution < 1.29 is 8.42 Å². The van der Waals surface area contributed by atoms with Crippen molar-refractivity contribution in [3.05, 3.63) is 47.3 Å². The van der Waals surface area contributed by atoms with Crippen LogP contribution in [0.15, 0.2) is 50.9 Å². The molecular formula is C11H11NO2S2. The molecule has 1 heterocycles. The summed E-state index contributed by atoms with van der Waals surface area (Å²) < 4.78 is 24.6. The minimum absolute atomic E-state index is 0.304. The molecule has 84 valence electrons. The second kappa shape index (κ2) is 4.37. The summed E-state index contributed by atoms with van der Waals surface area (Å²) >= 11 is 1.22. The van der Waals surface area contributed by atoms with Crippen LogP contribution in [0.25, 0.3) is 0 Å². The molecule has 2 N–H and O–H groups in total. The van der Waals surface area contributed by atoms with Crippen molar-refractivity contribution in [2.75, 3.05) is 0 Å². The zero-order chi connectivity index (χ0) is 11.6. The summed E-state index contributed by atoms with van der Waals surface area (Å²) in [5, 5.41) is 1.75. The molecule has 3 nitrogen and oxygen atoms in total. The first kappa shape index (κ1) is 11.3. The van der Waals surface area contributed by atoms with Gasteiger partial charge in [0, 0.05) is 6.54 Å². The Kier molecular flexibility index (Phi) is 3.09. The van der Waals surface area contributed by atoms with Crippen LogP contribution in [0, 0.1) is 0 Å². The van der Waals surface area contributed by atoms with E-state index in [1.165, 1.54) is 11.3 Å². The Morgan fingerprint density at radius 2 is 2.00 bits per heavy atom. The Bertz CT molecular complexity index is 574. The molecule has 1 aromatic carbocycles. The zero-order valence-corrected chi connectivity index (χ0v) is 10.1. The molecule has 0 unspecified atom stereocenters. The lowest BCUT2D eigenvalue weighted by molar-refractivity contribution is 0.598. The van der Waals surface area contributed by atoms with Crippen molar-refractivity contribution in [3.8, 4) is 0 Å². The average molecular weight is 253 g/mol. The Labute approximate surface area is 98.5 Å². The molecule has 1 aromatic heterocycles. The molecule has 0 aliphatic rings. The van der Waals surface area contributed by atoms with Crippen LogP contribution < -0.4 is 5.73 Å². The number of hydrogen-bond donors (Lipinski definition) is 1. The minimum Gasteiger partial charge on any atom is -0.326 e. The van der Waals surface area contributed by atoms with E-state index in [-0.39, 0.29) is 0 Å². The number of benzene rings is 1. The molecule has 0 atom stereocenters. The van der Waals surface area contributed by atoms with Gasteiger partial charge in [0.2, 0.25) is 9.84 Å². The van der Waals surface area contributed by atoms with E-state index in [2.05, 4.69) is 0 Å². The first-order chi connectivity index (χ1) is 7.64. The van der Waals surface area contributed by atoms with E-state index in [1.807, 2.05) is 6.07 Å². The van der Waals surface area contributed by atoms with E-state index < -0.39 is 9.84 Å². The lowest BCUT2D eigenvalue weighted by Crippen LogP contribution is -2.02. The molecule has 0 aliphatic heterocycles. The van der Waals surface area contributed by atoms with E-state index in [0.29, 0.717) is 15.6 Å². The van der Waals surface area contributed by atoms with Crippen LogP contribution >= 0.6 is 11.3 Å². The van der Waals surface area contributed by atoms with Crippen LogP contribution in [0.1, 0.15) is 5.56 Å². The molecule has 5 heteroatoms. The van der Waals surface area contributed by atoms with Gasteiger partial charge in [-0.25, -0.2) is 8.42 Å². The first-order valence-corrected chi connectivity index (χ1v) is 7.08. The molecule has 0 fully saturated rings. The maximum atomic E-state index is 12.1. The lowest BCUT2D eigenvalue weighted by Gasteiger charge is -2.03. The van der Waals surface area contributed by atoms with Crippen LogP contribution in [0.5, 0.6) is 0 Å². The van der Waals surface area contributed by atoms with Gasteiger partial charge in [0.05, 0.1) is 4.90 Å². The van der Waals surface area contributed by atoms with Gasteiger partial charge in [-0.2, -0.15) is 0 Å². The molecule has 0 spiro atoms. The predicted octanol–water partition coefficient (Wildman–Crippen LogP) is 2.04. The summed E-state index contributed by atoms with van der Waals surface area (Å²) in [6.07, 6.45) is 0. The lowest BCUT2D eigenvalue weighted by atomic mass is 10.2. The second-order valence-corrected chi connectivity index (χ2v) is 6.41. The van der Waals surface area contributed by atoms with Crippen LogP contribution in [0.2, 0.25) is 0 Å². The van der Waals surface area contributed by atoms with Crippen molar-refractivity contribution >= 4 is 21.2 Å². The number of sulfone groups is 1. The van der Waals surface area contributed by atoms with E-state index in [0.717, 1.165) is 5.56 Å². The Hall–Kier alpha value is -1.17. The molecule has 16 heavy (non-hydrogen) atoms. The van der Waals surface area contributed by atoms with Crippen molar-refractivity contribution in [2.24, 2.45) is 5.73 Å². The van der Waals surface area contributed by atoms with Crippen molar-refractivity contribution in [1.29, 1.82) is 0 Å². The largest absolute Gasteiger partial charge is 0.326 e. The SMILES string of the molecule is NCc1cccc(S(=O)(=O)c2cccs2)c1. The number of rotatable bonds is 3. The minimum atomic E-state index is -3.37. The number of thiophene rings is 1. The monoisotopic (exact) mass is 253 g/mol. The van der Waals surface area contributed by atoms with Gasteiger partial charge in [0.25, 0.3) is 0 Å². The molecule has 0 bridgehead atoms. The highest BCUT2D eigenvalue weighted by molar-refractivity contribution is 7.93. The highest BCUT2D eigenvalue weighted by Gasteiger charge is 2.18. The highest BCUT2D eigenvalue weighted by Crippen LogP contribution is 2.25. The molecule has 0 saturated heterocycles. The molecule has 2 rings (SSSR count). The van der Waals surface area contributed by atoms with Gasteiger partial charge in [0.15, 0.2) is 0 Å². The molecule has 0 aliphatic carbocycles. The van der Waals surface area contributed by atoms with Crippen LogP contribution in [-0.2, 0) is 16.4 Å². The normalized spacial score (nSPS) is 11.6. The predicted molar refractivity (Wildman–Crippen MR) is 64.1 cm³/mol. The van der Waals surface area contributed by atoms with Gasteiger partial charge in [0.1, 0.15) is 4.21 Å². The van der Waals surface area contributed by atoms with Gasteiger partial charge in [-0.3, -0.25) is 0 Å². The summed E-state index contributed by atoms with van der Waals surface area (Å²) in [6, 6.07) is 10.1. The fraction of sp³-hybridized carbons (Fsp3) is 0.0909. The van der Waals surface area contributed by atoms with E-state index in [9.17, 15) is 8.42 Å². The Balaban J connectivity index is 2.52. The standard InChI is InChI=1S/C11H11NO2S2/c12-8-9-3-1-4-10(7-9)16(13,14)11-5-2-6-15-11/h1-7H,8,12H2. The summed E-state index contributed by atoms with van der Waals surface area (Å²) in [5.74, 6) is 0. The van der Waals surface area contributed by atoms with Gasteiger partial charge < -0.3 is 5.73 Å². The van der Waals surface area contributed by atoms with Crippen LogP contribution in [0.3, 0.4) is 0 Å².